The predicted octanol–water partition coefficient (Wildman–Crippen LogP) is 3.92. The van der Waals surface area contributed by atoms with Crippen molar-refractivity contribution in [3.05, 3.63) is 35.4 Å². The van der Waals surface area contributed by atoms with Crippen LogP contribution in [0.25, 0.3) is 0 Å². The van der Waals surface area contributed by atoms with E-state index in [1.54, 1.807) is 12.1 Å². The van der Waals surface area contributed by atoms with Gasteiger partial charge in [-0.15, -0.1) is 0 Å². The highest BCUT2D eigenvalue weighted by atomic mass is 19.2. The van der Waals surface area contributed by atoms with Crippen molar-refractivity contribution in [1.29, 1.82) is 0 Å². The Hall–Kier alpha value is -0.960. The van der Waals surface area contributed by atoms with Crippen molar-refractivity contribution >= 4 is 0 Å². The lowest BCUT2D eigenvalue weighted by Crippen LogP contribution is -2.29. The molecule has 1 N–H and O–H groups in total. The van der Waals surface area contributed by atoms with Crippen LogP contribution in [-0.4, -0.2) is 13.1 Å². The molecule has 1 atom stereocenters. The van der Waals surface area contributed by atoms with Gasteiger partial charge in [-0.3, -0.25) is 0 Å². The van der Waals surface area contributed by atoms with Crippen LogP contribution in [0, 0.1) is 17.0 Å². The number of benzene rings is 1. The summed E-state index contributed by atoms with van der Waals surface area (Å²) in [7, 11) is 1.87. The average molecular weight is 255 g/mol. The van der Waals surface area contributed by atoms with Gasteiger partial charge in [0.2, 0.25) is 0 Å². The highest BCUT2D eigenvalue weighted by Crippen LogP contribution is 2.23. The van der Waals surface area contributed by atoms with E-state index < -0.39 is 11.6 Å². The first-order valence-electron chi connectivity index (χ1n) is 6.43. The zero-order chi connectivity index (χ0) is 13.8. The molecule has 0 fully saturated rings. The lowest BCUT2D eigenvalue weighted by molar-refractivity contribution is 0.333. The average Bonchev–Trinajstić information content (AvgIpc) is 2.28. The van der Waals surface area contributed by atoms with E-state index in [4.69, 9.17) is 0 Å². The first-order valence-corrected chi connectivity index (χ1v) is 6.43. The molecule has 0 aromatic heterocycles. The number of likely N-dealkylation sites (N-methyl/N-ethyl adjacent to an activating group) is 1. The molecule has 1 rings (SSSR count). The minimum absolute atomic E-state index is 0.181. The van der Waals surface area contributed by atoms with Gasteiger partial charge in [0, 0.05) is 6.04 Å². The van der Waals surface area contributed by atoms with Crippen molar-refractivity contribution in [3.63, 3.8) is 0 Å². The van der Waals surface area contributed by atoms with E-state index in [2.05, 4.69) is 26.1 Å². The van der Waals surface area contributed by atoms with Crippen LogP contribution in [-0.2, 0) is 6.42 Å². The molecule has 1 aromatic rings. The molecule has 1 aromatic carbocycles. The van der Waals surface area contributed by atoms with Gasteiger partial charge in [-0.2, -0.15) is 0 Å². The quantitative estimate of drug-likeness (QED) is 0.841. The van der Waals surface area contributed by atoms with Crippen LogP contribution < -0.4 is 5.32 Å². The molecular weight excluding hydrogens is 232 g/mol. The van der Waals surface area contributed by atoms with Crippen molar-refractivity contribution in [1.82, 2.24) is 5.32 Å². The number of halogens is 2. The molecule has 1 nitrogen and oxygen atoms in total. The molecule has 18 heavy (non-hydrogen) atoms. The normalized spacial score (nSPS) is 13.7. The maximum atomic E-state index is 13.6. The summed E-state index contributed by atoms with van der Waals surface area (Å²) in [5.74, 6) is -1.48. The Balaban J connectivity index is 2.65. The van der Waals surface area contributed by atoms with Crippen LogP contribution in [0.15, 0.2) is 18.2 Å². The summed E-state index contributed by atoms with van der Waals surface area (Å²) in [5.41, 5.74) is 0.707. The van der Waals surface area contributed by atoms with E-state index >= 15 is 0 Å². The standard InChI is InChI=1S/C15H23F2N/c1-15(2,3)9-8-12(18-4)10-11-6-5-7-13(16)14(11)17/h5-7,12,18H,8-10H2,1-4H3. The largest absolute Gasteiger partial charge is 0.317 e. The van der Waals surface area contributed by atoms with Crippen LogP contribution in [0.2, 0.25) is 0 Å². The topological polar surface area (TPSA) is 12.0 Å². The second kappa shape index (κ2) is 6.28. The van der Waals surface area contributed by atoms with Crippen LogP contribution in [0.4, 0.5) is 8.78 Å². The summed E-state index contributed by atoms with van der Waals surface area (Å²) in [6.45, 7) is 6.55. The lowest BCUT2D eigenvalue weighted by atomic mass is 9.87. The highest BCUT2D eigenvalue weighted by Gasteiger charge is 2.16. The molecular formula is C15H23F2N. The molecule has 0 saturated heterocycles. The van der Waals surface area contributed by atoms with E-state index in [1.165, 1.54) is 0 Å². The van der Waals surface area contributed by atoms with Gasteiger partial charge < -0.3 is 5.32 Å². The number of nitrogens with one attached hydrogen (secondary N) is 1. The molecule has 0 bridgehead atoms. The zero-order valence-corrected chi connectivity index (χ0v) is 11.7. The molecule has 0 amide bonds. The van der Waals surface area contributed by atoms with Crippen molar-refractivity contribution in [2.45, 2.75) is 46.1 Å². The predicted molar refractivity (Wildman–Crippen MR) is 71.6 cm³/mol. The van der Waals surface area contributed by atoms with E-state index in [0.29, 0.717) is 12.0 Å². The molecule has 0 heterocycles. The summed E-state index contributed by atoms with van der Waals surface area (Å²) in [5, 5.41) is 3.18. The Morgan fingerprint density at radius 3 is 2.44 bits per heavy atom. The summed E-state index contributed by atoms with van der Waals surface area (Å²) in [6, 6.07) is 4.55. The first kappa shape index (κ1) is 15.1. The molecule has 1 unspecified atom stereocenters. The van der Waals surface area contributed by atoms with Crippen molar-refractivity contribution in [2.24, 2.45) is 5.41 Å². The van der Waals surface area contributed by atoms with Gasteiger partial charge in [0.15, 0.2) is 11.6 Å². The summed E-state index contributed by atoms with van der Waals surface area (Å²) in [4.78, 5) is 0. The van der Waals surface area contributed by atoms with E-state index in [9.17, 15) is 8.78 Å². The maximum Gasteiger partial charge on any atom is 0.162 e. The fraction of sp³-hybridized carbons (Fsp3) is 0.600. The molecule has 0 aliphatic carbocycles. The molecule has 0 radical (unpaired) electrons. The van der Waals surface area contributed by atoms with Crippen LogP contribution in [0.3, 0.4) is 0 Å². The van der Waals surface area contributed by atoms with Gasteiger partial charge in [-0.05, 0) is 43.4 Å². The second-order valence-corrected chi connectivity index (χ2v) is 6.00. The maximum absolute atomic E-state index is 13.6. The van der Waals surface area contributed by atoms with Crippen molar-refractivity contribution in [3.8, 4) is 0 Å². The van der Waals surface area contributed by atoms with Crippen LogP contribution in [0.1, 0.15) is 39.2 Å². The van der Waals surface area contributed by atoms with Crippen molar-refractivity contribution in [2.75, 3.05) is 7.05 Å². The summed E-state index contributed by atoms with van der Waals surface area (Å²) < 4.78 is 26.7. The zero-order valence-electron chi connectivity index (χ0n) is 11.7. The molecule has 0 aliphatic rings. The molecule has 0 saturated carbocycles. The van der Waals surface area contributed by atoms with Crippen LogP contribution in [0.5, 0.6) is 0 Å². The van der Waals surface area contributed by atoms with Gasteiger partial charge in [0.05, 0.1) is 0 Å². The Morgan fingerprint density at radius 2 is 1.89 bits per heavy atom. The third-order valence-corrected chi connectivity index (χ3v) is 3.15. The third kappa shape index (κ3) is 4.73. The number of hydrogen-bond donors (Lipinski definition) is 1. The minimum Gasteiger partial charge on any atom is -0.317 e. The number of hydrogen-bond acceptors (Lipinski definition) is 1. The smallest absolute Gasteiger partial charge is 0.162 e. The summed E-state index contributed by atoms with van der Waals surface area (Å²) >= 11 is 0. The van der Waals surface area contributed by atoms with E-state index in [-0.39, 0.29) is 11.5 Å². The van der Waals surface area contributed by atoms with Gasteiger partial charge in [0.1, 0.15) is 0 Å². The second-order valence-electron chi connectivity index (χ2n) is 6.00. The van der Waals surface area contributed by atoms with Crippen LogP contribution >= 0.6 is 0 Å². The first-order chi connectivity index (χ1) is 8.33. The Kier molecular flexibility index (Phi) is 5.27. The van der Waals surface area contributed by atoms with Gasteiger partial charge >= 0.3 is 0 Å². The Bertz CT molecular complexity index is 383. The monoisotopic (exact) mass is 255 g/mol. The SMILES string of the molecule is CNC(CCC(C)(C)C)Cc1cccc(F)c1F. The van der Waals surface area contributed by atoms with Crippen molar-refractivity contribution < 1.29 is 8.78 Å². The number of rotatable bonds is 5. The van der Waals surface area contributed by atoms with Gasteiger partial charge in [-0.25, -0.2) is 8.78 Å². The van der Waals surface area contributed by atoms with Gasteiger partial charge in [0.25, 0.3) is 0 Å². The van der Waals surface area contributed by atoms with E-state index in [0.717, 1.165) is 18.9 Å². The Labute approximate surface area is 109 Å². The fourth-order valence-corrected chi connectivity index (χ4v) is 1.93. The minimum atomic E-state index is -0.766. The van der Waals surface area contributed by atoms with Gasteiger partial charge in [-0.1, -0.05) is 32.9 Å². The summed E-state index contributed by atoms with van der Waals surface area (Å²) in [6.07, 6.45) is 2.53. The molecule has 102 valence electrons. The highest BCUT2D eigenvalue weighted by molar-refractivity contribution is 5.20. The Morgan fingerprint density at radius 1 is 1.22 bits per heavy atom. The fourth-order valence-electron chi connectivity index (χ4n) is 1.93. The third-order valence-electron chi connectivity index (χ3n) is 3.15. The molecule has 0 aliphatic heterocycles. The molecule has 3 heteroatoms. The van der Waals surface area contributed by atoms with E-state index in [1.807, 2.05) is 7.05 Å². The molecule has 0 spiro atoms. The lowest BCUT2D eigenvalue weighted by Gasteiger charge is -2.23.